The van der Waals surface area contributed by atoms with Crippen molar-refractivity contribution >= 4 is 17.7 Å². The average molecular weight is 433 g/mol. The molecule has 31 heavy (non-hydrogen) atoms. The van der Waals surface area contributed by atoms with E-state index in [4.69, 9.17) is 4.74 Å². The molecule has 0 radical (unpaired) electrons. The van der Waals surface area contributed by atoms with Gasteiger partial charge in [0.25, 0.3) is 0 Å². The lowest BCUT2D eigenvalue weighted by Crippen LogP contribution is -2.56. The molecule has 0 spiro atoms. The van der Waals surface area contributed by atoms with E-state index in [2.05, 4.69) is 44.4 Å². The minimum absolute atomic E-state index is 0.00708. The molecule has 0 aromatic carbocycles. The summed E-state index contributed by atoms with van der Waals surface area (Å²) >= 11 is 0. The van der Waals surface area contributed by atoms with Gasteiger partial charge in [0.2, 0.25) is 0 Å². The van der Waals surface area contributed by atoms with Gasteiger partial charge in [-0.25, -0.2) is 14.2 Å². The number of aromatic nitrogens is 4. The molecule has 4 rings (SSSR count). The van der Waals surface area contributed by atoms with Gasteiger partial charge in [-0.1, -0.05) is 0 Å². The van der Waals surface area contributed by atoms with Crippen molar-refractivity contribution in [3.8, 4) is 6.01 Å². The van der Waals surface area contributed by atoms with Crippen LogP contribution in [0, 0.1) is 5.82 Å². The molecule has 1 atom stereocenters. The molecule has 0 unspecified atom stereocenters. The molecule has 0 saturated carbocycles. The number of aromatic amines is 1. The van der Waals surface area contributed by atoms with Gasteiger partial charge in [-0.3, -0.25) is 5.10 Å². The zero-order chi connectivity index (χ0) is 22.3. The molecule has 11 heteroatoms. The van der Waals surface area contributed by atoms with Crippen molar-refractivity contribution in [3.63, 3.8) is 0 Å². The molecule has 168 valence electrons. The number of H-pyrrole nitrogens is 1. The number of nitrogens with one attached hydrogen (secondary N) is 2. The monoisotopic (exact) mass is 432 g/mol. The number of fused-ring (bicyclic) bond motifs is 1. The molecule has 1 saturated heterocycles. The third kappa shape index (κ3) is 3.78. The smallest absolute Gasteiger partial charge is 0.321 e. The molecule has 2 aliphatic heterocycles. The highest BCUT2D eigenvalue weighted by atomic mass is 19.1. The summed E-state index contributed by atoms with van der Waals surface area (Å²) in [7, 11) is 2.07. The second kappa shape index (κ2) is 7.95. The van der Waals surface area contributed by atoms with E-state index in [-0.39, 0.29) is 17.9 Å². The summed E-state index contributed by atoms with van der Waals surface area (Å²) < 4.78 is 19.5. The zero-order valence-corrected chi connectivity index (χ0v) is 18.6. The number of urea groups is 1. The predicted octanol–water partition coefficient (Wildman–Crippen LogP) is 2.29. The predicted molar refractivity (Wildman–Crippen MR) is 113 cm³/mol. The summed E-state index contributed by atoms with van der Waals surface area (Å²) in [6.45, 7) is 10.8. The van der Waals surface area contributed by atoms with Crippen LogP contribution in [0.3, 0.4) is 0 Å². The first-order chi connectivity index (χ1) is 14.7. The van der Waals surface area contributed by atoms with Gasteiger partial charge in [-0.05, 0) is 34.7 Å². The lowest BCUT2D eigenvalue weighted by Gasteiger charge is -2.42. The van der Waals surface area contributed by atoms with Gasteiger partial charge in [0.05, 0.1) is 30.6 Å². The molecule has 0 bridgehead atoms. The van der Waals surface area contributed by atoms with E-state index in [0.29, 0.717) is 38.1 Å². The molecule has 2 aromatic heterocycles. The number of likely N-dealkylation sites (N-methyl/N-ethyl adjacent to an activating group) is 1. The van der Waals surface area contributed by atoms with Crippen molar-refractivity contribution < 1.29 is 13.9 Å². The average Bonchev–Trinajstić information content (AvgIpc) is 3.24. The fourth-order valence-electron chi connectivity index (χ4n) is 4.07. The minimum Gasteiger partial charge on any atom is -0.464 e. The van der Waals surface area contributed by atoms with Crippen LogP contribution in [0.15, 0.2) is 6.20 Å². The summed E-state index contributed by atoms with van der Waals surface area (Å²) in [5, 5.41) is 10.3. The Morgan fingerprint density at radius 3 is 2.87 bits per heavy atom. The van der Waals surface area contributed by atoms with E-state index in [1.54, 1.807) is 6.92 Å². The van der Waals surface area contributed by atoms with Crippen LogP contribution in [0.4, 0.5) is 20.8 Å². The van der Waals surface area contributed by atoms with Gasteiger partial charge >= 0.3 is 12.0 Å². The number of hydrogen-bond acceptors (Lipinski definition) is 7. The molecule has 2 aromatic rings. The van der Waals surface area contributed by atoms with Crippen molar-refractivity contribution in [2.24, 2.45) is 0 Å². The van der Waals surface area contributed by atoms with Gasteiger partial charge in [-0.15, -0.1) is 0 Å². The normalized spacial score (nSPS) is 20.6. The van der Waals surface area contributed by atoms with Crippen molar-refractivity contribution in [2.45, 2.75) is 45.8 Å². The highest BCUT2D eigenvalue weighted by molar-refractivity contribution is 5.78. The molecule has 2 aliphatic rings. The largest absolute Gasteiger partial charge is 0.464 e. The number of rotatable bonds is 4. The fraction of sp³-hybridized carbons (Fsp3) is 0.600. The lowest BCUT2D eigenvalue weighted by atomic mass is 10.0. The number of hydrogen-bond donors (Lipinski definition) is 2. The Labute approximate surface area is 180 Å². The van der Waals surface area contributed by atoms with E-state index in [0.717, 1.165) is 24.0 Å². The van der Waals surface area contributed by atoms with Gasteiger partial charge in [-0.2, -0.15) is 10.1 Å². The van der Waals surface area contributed by atoms with Gasteiger partial charge in [0.15, 0.2) is 17.5 Å². The van der Waals surface area contributed by atoms with Crippen LogP contribution in [0.25, 0.3) is 0 Å². The number of nitrogens with zero attached hydrogens (tertiary/aromatic N) is 6. The summed E-state index contributed by atoms with van der Waals surface area (Å²) in [4.78, 5) is 27.2. The Balaban J connectivity index is 1.56. The quantitative estimate of drug-likeness (QED) is 0.764. The van der Waals surface area contributed by atoms with Gasteiger partial charge in [0, 0.05) is 31.2 Å². The number of halogens is 1. The molecule has 0 aliphatic carbocycles. The highest BCUT2D eigenvalue weighted by Gasteiger charge is 2.45. The molecule has 1 fully saturated rings. The van der Waals surface area contributed by atoms with E-state index in [9.17, 15) is 9.18 Å². The number of ether oxygens (including phenoxy) is 1. The van der Waals surface area contributed by atoms with Crippen molar-refractivity contribution in [1.29, 1.82) is 0 Å². The zero-order valence-electron chi connectivity index (χ0n) is 18.6. The third-order valence-corrected chi connectivity index (χ3v) is 6.16. The van der Waals surface area contributed by atoms with Crippen LogP contribution in [0.5, 0.6) is 6.01 Å². The Kier molecular flexibility index (Phi) is 5.46. The maximum atomic E-state index is 14.3. The van der Waals surface area contributed by atoms with E-state index < -0.39 is 11.4 Å². The summed E-state index contributed by atoms with van der Waals surface area (Å²) in [5.41, 5.74) is 1.06. The maximum absolute atomic E-state index is 14.3. The lowest BCUT2D eigenvalue weighted by molar-refractivity contribution is 0.0714. The molecular formula is C20H29FN8O2. The van der Waals surface area contributed by atoms with Crippen molar-refractivity contribution in [3.05, 3.63) is 23.3 Å². The van der Waals surface area contributed by atoms with E-state index in [1.807, 2.05) is 23.6 Å². The Morgan fingerprint density at radius 2 is 2.16 bits per heavy atom. The van der Waals surface area contributed by atoms with Crippen LogP contribution in [-0.4, -0.2) is 80.2 Å². The summed E-state index contributed by atoms with van der Waals surface area (Å²) in [5.74, 6) is -0.204. The second-order valence-corrected chi connectivity index (χ2v) is 8.54. The van der Waals surface area contributed by atoms with Crippen molar-refractivity contribution in [1.82, 2.24) is 34.9 Å². The molecular weight excluding hydrogens is 403 g/mol. The number of amides is 2. The van der Waals surface area contributed by atoms with E-state index in [1.165, 1.54) is 0 Å². The highest BCUT2D eigenvalue weighted by Crippen LogP contribution is 2.41. The van der Waals surface area contributed by atoms with Crippen LogP contribution in [0.1, 0.15) is 39.0 Å². The van der Waals surface area contributed by atoms with Crippen LogP contribution in [0.2, 0.25) is 0 Å². The first-order valence-electron chi connectivity index (χ1n) is 10.5. The standard InChI is InChI=1S/C20H29FN8O2/c1-6-31-18-22-9-14(21)17(24-18)23-16-13-11-29(20(3,4)15(13)25-26-16)19(30)28-8-7-27(5)12(2)10-28/h9,12H,6-8,10-11H2,1-5H3,(H2,22,23,24,25,26)/t12-/m0/s1. The topological polar surface area (TPSA) is 103 Å². The Bertz CT molecular complexity index is 978. The summed E-state index contributed by atoms with van der Waals surface area (Å²) in [6, 6.07) is 0.382. The minimum atomic E-state index is -0.614. The molecule has 10 nitrogen and oxygen atoms in total. The first kappa shape index (κ1) is 21.3. The molecule has 4 heterocycles. The second-order valence-electron chi connectivity index (χ2n) is 8.54. The van der Waals surface area contributed by atoms with Crippen molar-refractivity contribution in [2.75, 3.05) is 38.6 Å². The summed E-state index contributed by atoms with van der Waals surface area (Å²) in [6.07, 6.45) is 1.06. The van der Waals surface area contributed by atoms with Crippen LogP contribution < -0.4 is 10.1 Å². The Hall–Kier alpha value is -2.95. The van der Waals surface area contributed by atoms with Crippen LogP contribution in [-0.2, 0) is 12.1 Å². The molecule has 2 N–H and O–H groups in total. The van der Waals surface area contributed by atoms with Gasteiger partial charge < -0.3 is 24.8 Å². The third-order valence-electron chi connectivity index (χ3n) is 6.16. The fourth-order valence-corrected chi connectivity index (χ4v) is 4.07. The number of piperazine rings is 1. The molecule has 2 amide bonds. The van der Waals surface area contributed by atoms with E-state index >= 15 is 0 Å². The number of carbonyl (C=O) groups excluding carboxylic acids is 1. The number of carbonyl (C=O) groups is 1. The number of anilines is 2. The van der Waals surface area contributed by atoms with Crippen LogP contribution >= 0.6 is 0 Å². The maximum Gasteiger partial charge on any atom is 0.321 e. The Morgan fingerprint density at radius 1 is 1.39 bits per heavy atom. The first-order valence-corrected chi connectivity index (χ1v) is 10.5. The van der Waals surface area contributed by atoms with Gasteiger partial charge in [0.1, 0.15) is 0 Å². The SMILES string of the molecule is CCOc1ncc(F)c(Nc2n[nH]c3c2CN(C(=O)N2CCN(C)[C@@H](C)C2)C3(C)C)n1.